The van der Waals surface area contributed by atoms with Crippen molar-refractivity contribution in [3.05, 3.63) is 29.8 Å². The fourth-order valence-electron chi connectivity index (χ4n) is 5.54. The zero-order chi connectivity index (χ0) is 48.8. The van der Waals surface area contributed by atoms with Crippen LogP contribution in [0.4, 0.5) is 0 Å². The van der Waals surface area contributed by atoms with E-state index in [0.29, 0.717) is 5.56 Å². The number of aliphatic hydroxyl groups is 3. The number of carboxylic acids is 1. The minimum absolute atomic E-state index is 0.0173. The molecule has 0 aromatic heterocycles. The number of carbonyl (C=O) groups excluding carboxylic acids is 8. The smallest absolute Gasteiger partial charge is 0.325 e. The van der Waals surface area contributed by atoms with Crippen molar-refractivity contribution in [3.63, 3.8) is 0 Å². The van der Waals surface area contributed by atoms with Gasteiger partial charge in [-0.3, -0.25) is 48.6 Å². The first kappa shape index (κ1) is 55.4. The SMILES string of the molecule is CC(C)[C@H](NC(=O)CN)C(=O)N[C@@H](Cc1ccc(O)cc1)C(=O)N[C@@H](C)C(=O)N[C@H](C(=O)N[C@@H](CCCNC(=N)N)C(=O)N[C@@H](CO)C(=O)N[C@@H](CO)C(=O)N[C@@H](C)C(=O)O)[C@@H](C)O. The number of hydrogen-bond donors (Lipinski definition) is 17. The van der Waals surface area contributed by atoms with Gasteiger partial charge in [0, 0.05) is 13.0 Å². The number of phenolic OH excluding ortho intramolecular Hbond substituents is 1. The summed E-state index contributed by atoms with van der Waals surface area (Å²) in [5.74, 6) is -10.1. The number of amides is 8. The third kappa shape index (κ3) is 19.2. The highest BCUT2D eigenvalue weighted by atomic mass is 16.4. The summed E-state index contributed by atoms with van der Waals surface area (Å²) in [6.07, 6.45) is -1.94. The summed E-state index contributed by atoms with van der Waals surface area (Å²) in [4.78, 5) is 116. The largest absolute Gasteiger partial charge is 0.508 e. The molecule has 26 nitrogen and oxygen atoms in total. The van der Waals surface area contributed by atoms with Crippen LogP contribution in [-0.4, -0.2) is 165 Å². The van der Waals surface area contributed by atoms with Gasteiger partial charge in [0.1, 0.15) is 54.1 Å². The van der Waals surface area contributed by atoms with Gasteiger partial charge in [-0.15, -0.1) is 0 Å². The van der Waals surface area contributed by atoms with Crippen LogP contribution in [0, 0.1) is 11.3 Å². The van der Waals surface area contributed by atoms with Crippen molar-refractivity contribution in [2.45, 2.75) is 108 Å². The van der Waals surface area contributed by atoms with Crippen molar-refractivity contribution < 1.29 is 68.7 Å². The fraction of sp³-hybridized carbons (Fsp3) is 0.579. The Labute approximate surface area is 368 Å². The van der Waals surface area contributed by atoms with Crippen LogP contribution in [0.25, 0.3) is 0 Å². The molecule has 8 amide bonds. The molecule has 0 spiro atoms. The molecular formula is C38H62N12O14. The predicted molar refractivity (Wildman–Crippen MR) is 225 cm³/mol. The molecule has 0 bridgehead atoms. The topological polar surface area (TPSA) is 439 Å². The Balaban J connectivity index is 3.26. The van der Waals surface area contributed by atoms with Gasteiger partial charge in [-0.2, -0.15) is 0 Å². The average Bonchev–Trinajstić information content (AvgIpc) is 3.23. The van der Waals surface area contributed by atoms with Crippen LogP contribution in [0.1, 0.15) is 53.0 Å². The van der Waals surface area contributed by atoms with Crippen LogP contribution in [0.5, 0.6) is 5.75 Å². The summed E-state index contributed by atoms with van der Waals surface area (Å²) < 4.78 is 0. The summed E-state index contributed by atoms with van der Waals surface area (Å²) in [5.41, 5.74) is 11.2. The van der Waals surface area contributed by atoms with Crippen LogP contribution in [-0.2, 0) is 49.6 Å². The van der Waals surface area contributed by atoms with Crippen LogP contribution < -0.4 is 59.3 Å². The van der Waals surface area contributed by atoms with Crippen LogP contribution in [0.3, 0.4) is 0 Å². The minimum Gasteiger partial charge on any atom is -0.508 e. The molecule has 0 aliphatic carbocycles. The maximum Gasteiger partial charge on any atom is 0.325 e. The molecule has 0 aliphatic rings. The highest BCUT2D eigenvalue weighted by Gasteiger charge is 2.35. The molecule has 0 saturated heterocycles. The number of benzene rings is 1. The van der Waals surface area contributed by atoms with Gasteiger partial charge in [0.15, 0.2) is 5.96 Å². The Morgan fingerprint density at radius 2 is 1.09 bits per heavy atom. The van der Waals surface area contributed by atoms with Crippen molar-refractivity contribution in [1.82, 2.24) is 47.9 Å². The van der Waals surface area contributed by atoms with E-state index < -0.39 is 139 Å². The molecule has 19 N–H and O–H groups in total. The van der Waals surface area contributed by atoms with Gasteiger partial charge in [0.2, 0.25) is 47.3 Å². The van der Waals surface area contributed by atoms with Crippen molar-refractivity contribution in [1.29, 1.82) is 5.41 Å². The van der Waals surface area contributed by atoms with Gasteiger partial charge >= 0.3 is 5.97 Å². The first-order chi connectivity index (χ1) is 29.9. The maximum absolute atomic E-state index is 13.7. The molecule has 0 radical (unpaired) electrons. The summed E-state index contributed by atoms with van der Waals surface area (Å²) in [6, 6.07) is -6.43. The number of aromatic hydroxyl groups is 1. The number of hydrogen-bond acceptors (Lipinski definition) is 15. The van der Waals surface area contributed by atoms with Crippen LogP contribution in [0.2, 0.25) is 0 Å². The zero-order valence-corrected chi connectivity index (χ0v) is 36.1. The second-order valence-corrected chi connectivity index (χ2v) is 15.0. The van der Waals surface area contributed by atoms with E-state index in [2.05, 4.69) is 42.5 Å². The van der Waals surface area contributed by atoms with Gasteiger partial charge in [-0.1, -0.05) is 26.0 Å². The molecule has 358 valence electrons. The van der Waals surface area contributed by atoms with Crippen molar-refractivity contribution >= 4 is 59.2 Å². The normalized spacial score (nSPS) is 15.2. The number of phenols is 1. The Morgan fingerprint density at radius 3 is 1.58 bits per heavy atom. The first-order valence-corrected chi connectivity index (χ1v) is 20.1. The second kappa shape index (κ2) is 27.4. The molecule has 64 heavy (non-hydrogen) atoms. The van der Waals surface area contributed by atoms with Gasteiger partial charge in [-0.05, 0) is 57.2 Å². The Hall–Kier alpha value is -6.64. The van der Waals surface area contributed by atoms with E-state index in [1.165, 1.54) is 31.2 Å². The summed E-state index contributed by atoms with van der Waals surface area (Å²) >= 11 is 0. The molecule has 0 aliphatic heterocycles. The third-order valence-corrected chi connectivity index (χ3v) is 9.25. The van der Waals surface area contributed by atoms with Gasteiger partial charge in [-0.25, -0.2) is 0 Å². The highest BCUT2D eigenvalue weighted by molar-refractivity contribution is 5.98. The number of aliphatic hydroxyl groups excluding tert-OH is 3. The molecule has 1 rings (SSSR count). The van der Waals surface area contributed by atoms with Gasteiger partial charge in [0.25, 0.3) is 0 Å². The number of rotatable bonds is 27. The standard InChI is InChI=1S/C38H62N12O14/c1-17(2)28(49-27(55)14-39)35(61)46-24(13-21-8-10-22(54)11-9-21)32(58)43-18(3)30(56)50-29(20(5)53)36(62)45-23(7-6-12-42-38(40)41)31(57)47-26(16-52)34(60)48-25(15-51)33(59)44-19(4)37(63)64/h8-11,17-20,23-26,28-29,51-54H,6-7,12-16,39H2,1-5H3,(H,43,58)(H,44,59)(H,45,62)(H,46,61)(H,47,57)(H,48,60)(H,49,55)(H,50,56)(H,63,64)(H4,40,41,42)/t18-,19-,20+,23-,24-,25-,26-,28-,29-/m0/s1. The molecule has 1 aromatic rings. The Bertz CT molecular complexity index is 1800. The quantitative estimate of drug-likeness (QED) is 0.0222. The molecule has 1 aromatic carbocycles. The molecule has 0 heterocycles. The molecular weight excluding hydrogens is 848 g/mol. The number of carbonyl (C=O) groups is 9. The van der Waals surface area contributed by atoms with E-state index in [-0.39, 0.29) is 31.6 Å². The predicted octanol–water partition coefficient (Wildman–Crippen LogP) is -6.82. The zero-order valence-electron chi connectivity index (χ0n) is 36.1. The lowest BCUT2D eigenvalue weighted by Gasteiger charge is -2.28. The number of aliphatic carboxylic acids is 1. The van der Waals surface area contributed by atoms with E-state index in [4.69, 9.17) is 22.0 Å². The lowest BCUT2D eigenvalue weighted by Crippen LogP contribution is -2.62. The highest BCUT2D eigenvalue weighted by Crippen LogP contribution is 2.13. The molecule has 0 saturated carbocycles. The average molecular weight is 911 g/mol. The van der Waals surface area contributed by atoms with Crippen molar-refractivity contribution in [3.8, 4) is 5.75 Å². The Kier molecular flexibility index (Phi) is 23.7. The summed E-state index contributed by atoms with van der Waals surface area (Å²) in [6.45, 7) is 4.34. The number of nitrogens with two attached hydrogens (primary N) is 2. The van der Waals surface area contributed by atoms with Crippen LogP contribution >= 0.6 is 0 Å². The number of nitrogens with one attached hydrogen (secondary N) is 10. The van der Waals surface area contributed by atoms with E-state index in [9.17, 15) is 63.6 Å². The van der Waals surface area contributed by atoms with E-state index in [1.807, 2.05) is 5.32 Å². The maximum atomic E-state index is 13.7. The lowest BCUT2D eigenvalue weighted by atomic mass is 10.0. The number of guanidine groups is 1. The molecule has 9 atom stereocenters. The molecule has 0 unspecified atom stereocenters. The third-order valence-electron chi connectivity index (χ3n) is 9.25. The van der Waals surface area contributed by atoms with Crippen molar-refractivity contribution in [2.75, 3.05) is 26.3 Å². The first-order valence-electron chi connectivity index (χ1n) is 20.1. The van der Waals surface area contributed by atoms with E-state index in [1.54, 1.807) is 13.8 Å². The van der Waals surface area contributed by atoms with Gasteiger partial charge < -0.3 is 84.9 Å². The molecule has 26 heteroatoms. The second-order valence-electron chi connectivity index (χ2n) is 15.0. The van der Waals surface area contributed by atoms with E-state index in [0.717, 1.165) is 13.8 Å². The molecule has 0 fully saturated rings. The fourth-order valence-corrected chi connectivity index (χ4v) is 5.54. The van der Waals surface area contributed by atoms with Crippen molar-refractivity contribution in [2.24, 2.45) is 17.4 Å². The van der Waals surface area contributed by atoms with Crippen LogP contribution in [0.15, 0.2) is 24.3 Å². The number of carboxylic acid groups (broad SMARTS) is 1. The van der Waals surface area contributed by atoms with E-state index >= 15 is 0 Å². The van der Waals surface area contributed by atoms with Gasteiger partial charge in [0.05, 0.1) is 25.9 Å². The monoisotopic (exact) mass is 910 g/mol. The minimum atomic E-state index is -1.79. The summed E-state index contributed by atoms with van der Waals surface area (Å²) in [5, 5.41) is 77.2. The lowest BCUT2D eigenvalue weighted by molar-refractivity contribution is -0.142. The summed E-state index contributed by atoms with van der Waals surface area (Å²) in [7, 11) is 0. The Morgan fingerprint density at radius 1 is 0.625 bits per heavy atom.